The molecule has 0 aromatic heterocycles. The fraction of sp³-hybridized carbons (Fsp3) is 0.300. The van der Waals surface area contributed by atoms with E-state index in [1.807, 2.05) is 24.3 Å². The van der Waals surface area contributed by atoms with Crippen LogP contribution in [0.4, 0.5) is 10.5 Å². The van der Waals surface area contributed by atoms with Gasteiger partial charge in [0, 0.05) is 29.3 Å². The van der Waals surface area contributed by atoms with Crippen LogP contribution in [0.3, 0.4) is 0 Å². The van der Waals surface area contributed by atoms with Crippen molar-refractivity contribution in [3.05, 3.63) is 64.1 Å². The van der Waals surface area contributed by atoms with Crippen LogP contribution in [-0.4, -0.2) is 29.5 Å². The lowest BCUT2D eigenvalue weighted by Gasteiger charge is -2.20. The lowest BCUT2D eigenvalue weighted by Crippen LogP contribution is -2.27. The number of carbonyl (C=O) groups is 2. The van der Waals surface area contributed by atoms with Gasteiger partial charge in [-0.05, 0) is 62.7 Å². The van der Waals surface area contributed by atoms with Crippen molar-refractivity contribution in [2.45, 2.75) is 32.9 Å². The maximum absolute atomic E-state index is 12.5. The second kappa shape index (κ2) is 8.36. The van der Waals surface area contributed by atoms with Crippen LogP contribution in [-0.2, 0) is 11.3 Å². The maximum atomic E-state index is 12.5. The smallest absolute Gasteiger partial charge is 0.412 e. The van der Waals surface area contributed by atoms with Gasteiger partial charge < -0.3 is 9.64 Å². The van der Waals surface area contributed by atoms with E-state index in [0.29, 0.717) is 17.8 Å². The number of rotatable bonds is 4. The Balaban J connectivity index is 1.97. The normalized spacial score (nSPS) is 11.0. The van der Waals surface area contributed by atoms with Gasteiger partial charge in [0.2, 0.25) is 0 Å². The highest BCUT2D eigenvalue weighted by Gasteiger charge is 2.17. The standard InChI is InChI=1S/C20H23BrN2O3/c1-20(2,3)26-19(25)22-17-11-7-15(8-12-17)18(24)23(4)13-14-5-9-16(21)10-6-14/h5-12H,13H2,1-4H3,(H,22,25). The van der Waals surface area contributed by atoms with Gasteiger partial charge in [-0.3, -0.25) is 10.1 Å². The molecule has 0 spiro atoms. The van der Waals surface area contributed by atoms with Gasteiger partial charge in [0.15, 0.2) is 0 Å². The van der Waals surface area contributed by atoms with Crippen LogP contribution in [0.25, 0.3) is 0 Å². The van der Waals surface area contributed by atoms with Gasteiger partial charge in [0.25, 0.3) is 5.91 Å². The number of anilines is 1. The molecule has 1 N–H and O–H groups in total. The number of halogens is 1. The maximum Gasteiger partial charge on any atom is 0.412 e. The highest BCUT2D eigenvalue weighted by molar-refractivity contribution is 9.10. The molecule has 2 amide bonds. The number of hydrogen-bond acceptors (Lipinski definition) is 3. The van der Waals surface area contributed by atoms with Crippen LogP contribution in [0.2, 0.25) is 0 Å². The summed E-state index contributed by atoms with van der Waals surface area (Å²) < 4.78 is 6.21. The van der Waals surface area contributed by atoms with Gasteiger partial charge in [-0.25, -0.2) is 4.79 Å². The van der Waals surface area contributed by atoms with E-state index in [-0.39, 0.29) is 5.91 Å². The SMILES string of the molecule is CN(Cc1ccc(Br)cc1)C(=O)c1ccc(NC(=O)OC(C)(C)C)cc1. The quantitative estimate of drug-likeness (QED) is 0.753. The molecule has 0 aliphatic rings. The molecule has 0 aliphatic heterocycles. The molecule has 0 fully saturated rings. The first-order valence-corrected chi connectivity index (χ1v) is 9.03. The summed E-state index contributed by atoms with van der Waals surface area (Å²) in [5.41, 5.74) is 1.62. The molecule has 0 saturated heterocycles. The molecule has 0 saturated carbocycles. The molecule has 6 heteroatoms. The Morgan fingerprint density at radius 1 is 1.04 bits per heavy atom. The predicted octanol–water partition coefficient (Wildman–Crippen LogP) is 5.07. The Hall–Kier alpha value is -2.34. The number of carbonyl (C=O) groups excluding carboxylic acids is 2. The predicted molar refractivity (Wildman–Crippen MR) is 106 cm³/mol. The van der Waals surface area contributed by atoms with E-state index in [2.05, 4.69) is 21.2 Å². The average Bonchev–Trinajstić information content (AvgIpc) is 2.55. The molecule has 0 aliphatic carbocycles. The molecule has 0 atom stereocenters. The first-order chi connectivity index (χ1) is 12.1. The highest BCUT2D eigenvalue weighted by Crippen LogP contribution is 2.16. The van der Waals surface area contributed by atoms with Crippen molar-refractivity contribution in [3.8, 4) is 0 Å². The Morgan fingerprint density at radius 2 is 1.62 bits per heavy atom. The third-order valence-electron chi connectivity index (χ3n) is 3.46. The Bertz CT molecular complexity index is 765. The zero-order valence-electron chi connectivity index (χ0n) is 15.4. The van der Waals surface area contributed by atoms with E-state index >= 15 is 0 Å². The van der Waals surface area contributed by atoms with E-state index in [9.17, 15) is 9.59 Å². The monoisotopic (exact) mass is 418 g/mol. The van der Waals surface area contributed by atoms with Gasteiger partial charge in [0.1, 0.15) is 5.60 Å². The Morgan fingerprint density at radius 3 is 2.15 bits per heavy atom. The molecule has 138 valence electrons. The summed E-state index contributed by atoms with van der Waals surface area (Å²) >= 11 is 3.40. The van der Waals surface area contributed by atoms with Crippen LogP contribution in [0.15, 0.2) is 53.0 Å². The number of hydrogen-bond donors (Lipinski definition) is 1. The zero-order valence-corrected chi connectivity index (χ0v) is 17.0. The van der Waals surface area contributed by atoms with E-state index in [1.165, 1.54) is 0 Å². The largest absolute Gasteiger partial charge is 0.444 e. The number of ether oxygens (including phenoxy) is 1. The molecule has 26 heavy (non-hydrogen) atoms. The van der Waals surface area contributed by atoms with Crippen molar-refractivity contribution in [2.24, 2.45) is 0 Å². The molecule has 0 heterocycles. The van der Waals surface area contributed by atoms with E-state index in [1.54, 1.807) is 57.0 Å². The summed E-state index contributed by atoms with van der Waals surface area (Å²) in [7, 11) is 1.76. The summed E-state index contributed by atoms with van der Waals surface area (Å²) in [5, 5.41) is 2.65. The van der Waals surface area contributed by atoms with Crippen LogP contribution >= 0.6 is 15.9 Å². The topological polar surface area (TPSA) is 58.6 Å². The van der Waals surface area contributed by atoms with Crippen molar-refractivity contribution in [3.63, 3.8) is 0 Å². The fourth-order valence-corrected chi connectivity index (χ4v) is 2.54. The number of nitrogens with zero attached hydrogens (tertiary/aromatic N) is 1. The van der Waals surface area contributed by atoms with E-state index < -0.39 is 11.7 Å². The molecular weight excluding hydrogens is 396 g/mol. The Kier molecular flexibility index (Phi) is 6.42. The van der Waals surface area contributed by atoms with Crippen molar-refractivity contribution in [2.75, 3.05) is 12.4 Å². The fourth-order valence-electron chi connectivity index (χ4n) is 2.27. The van der Waals surface area contributed by atoms with Gasteiger partial charge in [-0.2, -0.15) is 0 Å². The summed E-state index contributed by atoms with van der Waals surface area (Å²) in [5.74, 6) is -0.0864. The van der Waals surface area contributed by atoms with Crippen molar-refractivity contribution >= 4 is 33.6 Å². The summed E-state index contributed by atoms with van der Waals surface area (Å²) in [6.07, 6.45) is -0.524. The molecule has 2 rings (SSSR count). The molecule has 2 aromatic carbocycles. The second-order valence-corrected chi connectivity index (χ2v) is 7.91. The minimum Gasteiger partial charge on any atom is -0.444 e. The van der Waals surface area contributed by atoms with Gasteiger partial charge >= 0.3 is 6.09 Å². The van der Waals surface area contributed by atoms with Crippen molar-refractivity contribution in [1.82, 2.24) is 4.90 Å². The third-order valence-corrected chi connectivity index (χ3v) is 3.99. The molecule has 0 bridgehead atoms. The lowest BCUT2D eigenvalue weighted by molar-refractivity contribution is 0.0635. The summed E-state index contributed by atoms with van der Waals surface area (Å²) in [4.78, 5) is 26.0. The minimum absolute atomic E-state index is 0.0864. The first-order valence-electron chi connectivity index (χ1n) is 8.24. The number of amides is 2. The lowest BCUT2D eigenvalue weighted by atomic mass is 10.1. The van der Waals surface area contributed by atoms with E-state index in [4.69, 9.17) is 4.74 Å². The summed E-state index contributed by atoms with van der Waals surface area (Å²) in [6, 6.07) is 14.6. The van der Waals surface area contributed by atoms with Crippen LogP contribution in [0.1, 0.15) is 36.7 Å². The van der Waals surface area contributed by atoms with Crippen LogP contribution < -0.4 is 5.32 Å². The molecule has 0 radical (unpaired) electrons. The van der Waals surface area contributed by atoms with Gasteiger partial charge in [-0.1, -0.05) is 28.1 Å². The molecule has 5 nitrogen and oxygen atoms in total. The molecule has 2 aromatic rings. The minimum atomic E-state index is -0.560. The van der Waals surface area contributed by atoms with Gasteiger partial charge in [0.05, 0.1) is 0 Å². The van der Waals surface area contributed by atoms with Crippen molar-refractivity contribution < 1.29 is 14.3 Å². The average molecular weight is 419 g/mol. The third kappa shape index (κ3) is 6.19. The molecular formula is C20H23BrN2O3. The zero-order chi connectivity index (χ0) is 19.3. The van der Waals surface area contributed by atoms with Crippen LogP contribution in [0, 0.1) is 0 Å². The Labute approximate surface area is 162 Å². The number of benzene rings is 2. The van der Waals surface area contributed by atoms with Gasteiger partial charge in [-0.15, -0.1) is 0 Å². The van der Waals surface area contributed by atoms with Crippen LogP contribution in [0.5, 0.6) is 0 Å². The molecule has 0 unspecified atom stereocenters. The first kappa shape index (κ1) is 20.0. The summed E-state index contributed by atoms with van der Waals surface area (Å²) in [6.45, 7) is 5.92. The highest BCUT2D eigenvalue weighted by atomic mass is 79.9. The second-order valence-electron chi connectivity index (χ2n) is 6.99. The number of nitrogens with one attached hydrogen (secondary N) is 1. The van der Waals surface area contributed by atoms with E-state index in [0.717, 1.165) is 10.0 Å². The van der Waals surface area contributed by atoms with Crippen molar-refractivity contribution in [1.29, 1.82) is 0 Å².